The second-order valence-corrected chi connectivity index (χ2v) is 2.06. The highest BCUT2D eigenvalue weighted by Crippen LogP contribution is 2.06. The molecule has 0 aliphatic heterocycles. The quantitative estimate of drug-likeness (QED) is 0.605. The minimum absolute atomic E-state index is 0.478. The van der Waals surface area contributed by atoms with Crippen LogP contribution in [0.3, 0.4) is 0 Å². The van der Waals surface area contributed by atoms with E-state index in [4.69, 9.17) is 5.11 Å². The van der Waals surface area contributed by atoms with Crippen molar-refractivity contribution in [1.29, 1.82) is 0 Å². The van der Waals surface area contributed by atoms with E-state index >= 15 is 0 Å². The van der Waals surface area contributed by atoms with Crippen LogP contribution in [0.2, 0.25) is 0 Å². The molecule has 0 aliphatic rings. The van der Waals surface area contributed by atoms with Crippen LogP contribution < -0.4 is 0 Å². The van der Waals surface area contributed by atoms with Crippen LogP contribution >= 0.6 is 11.7 Å². The first kappa shape index (κ1) is 5.65. The van der Waals surface area contributed by atoms with Crippen molar-refractivity contribution in [2.24, 2.45) is 0 Å². The summed E-state index contributed by atoms with van der Waals surface area (Å²) in [5, 5.41) is 8.82. The van der Waals surface area contributed by atoms with Crippen LogP contribution in [0.1, 0.15) is 18.7 Å². The standard InChI is InChI=1S/C4H6N2OS/c1-3(7)4-2-5-8-6-4/h2-3,7H,1H3. The molecule has 0 saturated heterocycles. The first-order valence-corrected chi connectivity index (χ1v) is 2.99. The van der Waals surface area contributed by atoms with Gasteiger partial charge in [0.25, 0.3) is 0 Å². The van der Waals surface area contributed by atoms with Gasteiger partial charge in [-0.05, 0) is 6.92 Å². The van der Waals surface area contributed by atoms with E-state index in [1.807, 2.05) is 0 Å². The molecule has 1 unspecified atom stereocenters. The van der Waals surface area contributed by atoms with Gasteiger partial charge in [0.1, 0.15) is 5.69 Å². The van der Waals surface area contributed by atoms with Crippen molar-refractivity contribution in [3.05, 3.63) is 11.9 Å². The Bertz CT molecular complexity index is 149. The van der Waals surface area contributed by atoms with Crippen molar-refractivity contribution in [3.63, 3.8) is 0 Å². The van der Waals surface area contributed by atoms with Crippen LogP contribution in [0.15, 0.2) is 6.20 Å². The predicted octanol–water partition coefficient (Wildman–Crippen LogP) is 0.591. The van der Waals surface area contributed by atoms with E-state index in [1.165, 1.54) is 0 Å². The monoisotopic (exact) mass is 130 g/mol. The summed E-state index contributed by atoms with van der Waals surface area (Å²) in [7, 11) is 0. The van der Waals surface area contributed by atoms with Gasteiger partial charge in [-0.2, -0.15) is 8.75 Å². The molecule has 0 aliphatic carbocycles. The summed E-state index contributed by atoms with van der Waals surface area (Å²) in [6, 6.07) is 0. The maximum Gasteiger partial charge on any atom is 0.102 e. The van der Waals surface area contributed by atoms with E-state index in [0.29, 0.717) is 5.69 Å². The molecule has 3 nitrogen and oxygen atoms in total. The first-order chi connectivity index (χ1) is 3.80. The molecular weight excluding hydrogens is 124 g/mol. The highest BCUT2D eigenvalue weighted by molar-refractivity contribution is 6.99. The number of nitrogens with zero attached hydrogens (tertiary/aromatic N) is 2. The Morgan fingerprint density at radius 1 is 1.88 bits per heavy atom. The summed E-state index contributed by atoms with van der Waals surface area (Å²) in [4.78, 5) is 0. The predicted molar refractivity (Wildman–Crippen MR) is 30.5 cm³/mol. The molecule has 0 bridgehead atoms. The minimum Gasteiger partial charge on any atom is -0.387 e. The Kier molecular flexibility index (Phi) is 1.55. The number of hydrogen-bond donors (Lipinski definition) is 1. The van der Waals surface area contributed by atoms with Crippen molar-refractivity contribution in [2.75, 3.05) is 0 Å². The Morgan fingerprint density at radius 3 is 2.88 bits per heavy atom. The molecule has 1 atom stereocenters. The largest absolute Gasteiger partial charge is 0.387 e. The molecule has 0 spiro atoms. The molecule has 8 heavy (non-hydrogen) atoms. The molecule has 1 rings (SSSR count). The molecular formula is C4H6N2OS. The summed E-state index contributed by atoms with van der Waals surface area (Å²) in [5.41, 5.74) is 0.648. The van der Waals surface area contributed by atoms with Crippen LogP contribution in [0, 0.1) is 0 Å². The molecule has 0 radical (unpaired) electrons. The summed E-state index contributed by atoms with van der Waals surface area (Å²) >= 11 is 1.11. The van der Waals surface area contributed by atoms with E-state index in [-0.39, 0.29) is 0 Å². The smallest absolute Gasteiger partial charge is 0.102 e. The third-order valence-electron chi connectivity index (χ3n) is 0.806. The summed E-state index contributed by atoms with van der Waals surface area (Å²) in [6.45, 7) is 1.66. The second kappa shape index (κ2) is 2.19. The molecule has 1 heterocycles. The van der Waals surface area contributed by atoms with Gasteiger partial charge in [0.2, 0.25) is 0 Å². The maximum absolute atomic E-state index is 8.82. The van der Waals surface area contributed by atoms with Gasteiger partial charge in [-0.15, -0.1) is 0 Å². The van der Waals surface area contributed by atoms with Gasteiger partial charge in [0.05, 0.1) is 24.0 Å². The number of hydrogen-bond acceptors (Lipinski definition) is 4. The van der Waals surface area contributed by atoms with Crippen molar-refractivity contribution < 1.29 is 5.11 Å². The Hall–Kier alpha value is -0.480. The lowest BCUT2D eigenvalue weighted by Crippen LogP contribution is -1.88. The fraction of sp³-hybridized carbons (Fsp3) is 0.500. The normalized spacial score (nSPS) is 13.8. The van der Waals surface area contributed by atoms with Gasteiger partial charge in [-0.25, -0.2) is 0 Å². The zero-order valence-electron chi connectivity index (χ0n) is 4.40. The molecule has 0 saturated carbocycles. The minimum atomic E-state index is -0.478. The molecule has 4 heteroatoms. The maximum atomic E-state index is 8.82. The average Bonchev–Trinajstić information content (AvgIpc) is 2.12. The number of aliphatic hydroxyl groups is 1. The van der Waals surface area contributed by atoms with Gasteiger partial charge in [0, 0.05) is 0 Å². The van der Waals surface area contributed by atoms with E-state index in [2.05, 4.69) is 8.75 Å². The number of aromatic nitrogens is 2. The zero-order valence-corrected chi connectivity index (χ0v) is 5.22. The van der Waals surface area contributed by atoms with Gasteiger partial charge in [0.15, 0.2) is 0 Å². The lowest BCUT2D eigenvalue weighted by atomic mass is 10.3. The van der Waals surface area contributed by atoms with Gasteiger partial charge in [-0.3, -0.25) is 0 Å². The molecule has 1 aromatic heterocycles. The van der Waals surface area contributed by atoms with Crippen molar-refractivity contribution in [2.45, 2.75) is 13.0 Å². The molecule has 0 aromatic carbocycles. The fourth-order valence-corrected chi connectivity index (χ4v) is 0.852. The van der Waals surface area contributed by atoms with Crippen molar-refractivity contribution >= 4 is 11.7 Å². The average molecular weight is 130 g/mol. The van der Waals surface area contributed by atoms with Crippen molar-refractivity contribution in [3.8, 4) is 0 Å². The van der Waals surface area contributed by atoms with Crippen LogP contribution in [0.5, 0.6) is 0 Å². The molecule has 0 amide bonds. The van der Waals surface area contributed by atoms with E-state index in [1.54, 1.807) is 13.1 Å². The Balaban J connectivity index is 2.77. The zero-order chi connectivity index (χ0) is 5.98. The van der Waals surface area contributed by atoms with Gasteiger partial charge < -0.3 is 5.11 Å². The van der Waals surface area contributed by atoms with Gasteiger partial charge in [-0.1, -0.05) is 0 Å². The second-order valence-electron chi connectivity index (χ2n) is 1.51. The lowest BCUT2D eigenvalue weighted by molar-refractivity contribution is 0.195. The third kappa shape index (κ3) is 1.02. The van der Waals surface area contributed by atoms with Crippen molar-refractivity contribution in [1.82, 2.24) is 8.75 Å². The first-order valence-electron chi connectivity index (χ1n) is 2.26. The highest BCUT2D eigenvalue weighted by atomic mass is 32.1. The molecule has 0 fully saturated rings. The Labute approximate surface area is 51.3 Å². The SMILES string of the molecule is CC(O)c1cnsn1. The summed E-state index contributed by atoms with van der Waals surface area (Å²) < 4.78 is 7.51. The van der Waals surface area contributed by atoms with E-state index < -0.39 is 6.10 Å². The molecule has 44 valence electrons. The van der Waals surface area contributed by atoms with Crippen LogP contribution in [-0.4, -0.2) is 13.9 Å². The molecule has 1 aromatic rings. The van der Waals surface area contributed by atoms with Gasteiger partial charge >= 0.3 is 0 Å². The van der Waals surface area contributed by atoms with E-state index in [0.717, 1.165) is 11.7 Å². The van der Waals surface area contributed by atoms with E-state index in [9.17, 15) is 0 Å². The van der Waals surface area contributed by atoms with Crippen LogP contribution in [-0.2, 0) is 0 Å². The summed E-state index contributed by atoms with van der Waals surface area (Å²) in [5.74, 6) is 0. The number of rotatable bonds is 1. The highest BCUT2D eigenvalue weighted by Gasteiger charge is 2.00. The third-order valence-corrected chi connectivity index (χ3v) is 1.30. The summed E-state index contributed by atoms with van der Waals surface area (Å²) in [6.07, 6.45) is 1.09. The fourth-order valence-electron chi connectivity index (χ4n) is 0.356. The van der Waals surface area contributed by atoms with Crippen LogP contribution in [0.4, 0.5) is 0 Å². The topological polar surface area (TPSA) is 46.0 Å². The molecule has 1 N–H and O–H groups in total. The van der Waals surface area contributed by atoms with Crippen LogP contribution in [0.25, 0.3) is 0 Å². The number of aliphatic hydroxyl groups excluding tert-OH is 1. The lowest BCUT2D eigenvalue weighted by Gasteiger charge is -1.92. The Morgan fingerprint density at radius 2 is 2.62 bits per heavy atom.